The summed E-state index contributed by atoms with van der Waals surface area (Å²) in [5, 5.41) is 1.11. The Labute approximate surface area is 156 Å². The maximum absolute atomic E-state index is 13.5. The molecular weight excluding hydrogens is 339 g/mol. The minimum Gasteiger partial charge on any atom is -0.293 e. The van der Waals surface area contributed by atoms with E-state index in [0.717, 1.165) is 55.2 Å². The van der Waals surface area contributed by atoms with Crippen LogP contribution < -0.4 is 0 Å². The van der Waals surface area contributed by atoms with Gasteiger partial charge in [0.1, 0.15) is 0 Å². The summed E-state index contributed by atoms with van der Waals surface area (Å²) in [5.74, 6) is 0.807. The van der Waals surface area contributed by atoms with Crippen molar-refractivity contribution in [1.29, 1.82) is 0 Å². The third-order valence-corrected chi connectivity index (χ3v) is 7.09. The molecule has 0 saturated heterocycles. The molecule has 0 aromatic heterocycles. The normalized spacial score (nSPS) is 23.9. The second kappa shape index (κ2) is 7.38. The number of aryl methyl sites for hydroxylation is 1. The number of Topliss-reactive ketones (excluding diaryl/α,β-unsaturated/α-hetero) is 1. The number of carbonyl (C=O) groups is 1. The second-order valence-electron chi connectivity index (χ2n) is 7.69. The van der Waals surface area contributed by atoms with Crippen LogP contribution in [0.1, 0.15) is 86.7 Å². The van der Waals surface area contributed by atoms with E-state index in [1.54, 1.807) is 0 Å². The lowest BCUT2D eigenvalue weighted by atomic mass is 9.68. The van der Waals surface area contributed by atoms with E-state index < -0.39 is 0 Å². The highest BCUT2D eigenvalue weighted by atomic mass is 35.5. The summed E-state index contributed by atoms with van der Waals surface area (Å²) < 4.78 is 0. The largest absolute Gasteiger partial charge is 0.293 e. The number of carbonyl (C=O) groups excluding carboxylic acids is 1. The minimum atomic E-state index is -0.216. The molecule has 0 radical (unpaired) electrons. The van der Waals surface area contributed by atoms with Gasteiger partial charge >= 0.3 is 0 Å². The average Bonchev–Trinajstić information content (AvgIpc) is 3.18. The molecule has 0 N–H and O–H groups in total. The molecular formula is C21H28Cl2O. The number of unbranched alkanes of at least 4 members (excludes halogenated alkanes) is 1. The van der Waals surface area contributed by atoms with Gasteiger partial charge in [-0.05, 0) is 49.1 Å². The third kappa shape index (κ3) is 2.92. The molecule has 132 valence electrons. The molecule has 0 amide bonds. The molecule has 1 aromatic rings. The summed E-state index contributed by atoms with van der Waals surface area (Å²) in [6.45, 7) is 4.35. The van der Waals surface area contributed by atoms with Crippen molar-refractivity contribution in [2.75, 3.05) is 0 Å². The quantitative estimate of drug-likeness (QED) is 0.526. The van der Waals surface area contributed by atoms with Crippen LogP contribution in [0.2, 0.25) is 10.0 Å². The zero-order chi connectivity index (χ0) is 17.3. The summed E-state index contributed by atoms with van der Waals surface area (Å²) in [4.78, 5) is 13.5. The standard InChI is InChI=1S/C21H28Cl2O/c1-3-5-11-21(16-9-6-7-10-16)13-15-12-14(8-4-2)18(22)19(23)17(15)20(21)24/h12,16H,3-11,13H2,1-2H3. The lowest BCUT2D eigenvalue weighted by molar-refractivity contribution is 0.0671. The summed E-state index contributed by atoms with van der Waals surface area (Å²) in [7, 11) is 0. The Morgan fingerprint density at radius 3 is 2.46 bits per heavy atom. The van der Waals surface area contributed by atoms with Gasteiger partial charge in [0.15, 0.2) is 5.78 Å². The predicted molar refractivity (Wildman–Crippen MR) is 102 cm³/mol. The zero-order valence-corrected chi connectivity index (χ0v) is 16.4. The number of fused-ring (bicyclic) bond motifs is 1. The van der Waals surface area contributed by atoms with Crippen LogP contribution in [0, 0.1) is 11.3 Å². The molecule has 1 atom stereocenters. The van der Waals surface area contributed by atoms with Crippen LogP contribution in [0.3, 0.4) is 0 Å². The average molecular weight is 367 g/mol. The molecule has 1 fully saturated rings. The van der Waals surface area contributed by atoms with Crippen LogP contribution >= 0.6 is 23.2 Å². The molecule has 1 nitrogen and oxygen atoms in total. The molecule has 0 spiro atoms. The van der Waals surface area contributed by atoms with Crippen molar-refractivity contribution in [2.45, 2.75) is 78.1 Å². The molecule has 0 bridgehead atoms. The molecule has 0 aliphatic heterocycles. The number of rotatable bonds is 6. The van der Waals surface area contributed by atoms with Gasteiger partial charge in [-0.2, -0.15) is 0 Å². The van der Waals surface area contributed by atoms with Crippen LogP contribution in [0.15, 0.2) is 6.07 Å². The molecule has 0 heterocycles. The Balaban J connectivity index is 2.05. The topological polar surface area (TPSA) is 17.1 Å². The highest BCUT2D eigenvalue weighted by Crippen LogP contribution is 2.54. The smallest absolute Gasteiger partial charge is 0.171 e. The molecule has 1 unspecified atom stereocenters. The summed E-state index contributed by atoms with van der Waals surface area (Å²) in [5.41, 5.74) is 2.78. The Morgan fingerprint density at radius 2 is 1.83 bits per heavy atom. The van der Waals surface area contributed by atoms with E-state index in [-0.39, 0.29) is 11.2 Å². The fourth-order valence-electron chi connectivity index (χ4n) is 4.95. The molecule has 3 heteroatoms. The molecule has 24 heavy (non-hydrogen) atoms. The lowest BCUT2D eigenvalue weighted by Gasteiger charge is -2.34. The van der Waals surface area contributed by atoms with Crippen molar-refractivity contribution >= 4 is 29.0 Å². The van der Waals surface area contributed by atoms with Crippen LogP contribution in [0.4, 0.5) is 0 Å². The van der Waals surface area contributed by atoms with E-state index in [2.05, 4.69) is 19.9 Å². The van der Waals surface area contributed by atoms with Crippen molar-refractivity contribution in [1.82, 2.24) is 0 Å². The van der Waals surface area contributed by atoms with E-state index in [0.29, 0.717) is 16.0 Å². The van der Waals surface area contributed by atoms with Gasteiger partial charge in [0.2, 0.25) is 0 Å². The SMILES string of the molecule is CCCCC1(C2CCCC2)Cc2cc(CCC)c(Cl)c(Cl)c2C1=O. The van der Waals surface area contributed by atoms with E-state index in [1.807, 2.05) is 0 Å². The first-order valence-electron chi connectivity index (χ1n) is 9.59. The Kier molecular flexibility index (Phi) is 5.62. The third-order valence-electron chi connectivity index (χ3n) is 6.18. The van der Waals surface area contributed by atoms with Crippen LogP contribution in [-0.4, -0.2) is 5.78 Å². The predicted octanol–water partition coefficient (Wildman–Crippen LogP) is 7.05. The Morgan fingerprint density at radius 1 is 1.12 bits per heavy atom. The maximum atomic E-state index is 13.5. The van der Waals surface area contributed by atoms with Crippen LogP contribution in [0.5, 0.6) is 0 Å². The van der Waals surface area contributed by atoms with Gasteiger partial charge in [0.25, 0.3) is 0 Å². The zero-order valence-electron chi connectivity index (χ0n) is 14.9. The van der Waals surface area contributed by atoms with Gasteiger partial charge in [-0.1, -0.05) is 75.2 Å². The van der Waals surface area contributed by atoms with Gasteiger partial charge in [-0.15, -0.1) is 0 Å². The number of hydrogen-bond donors (Lipinski definition) is 0. The number of halogens is 2. The second-order valence-corrected chi connectivity index (χ2v) is 8.45. The number of ketones is 1. The van der Waals surface area contributed by atoms with E-state index in [1.165, 1.54) is 25.7 Å². The van der Waals surface area contributed by atoms with Crippen molar-refractivity contribution in [3.8, 4) is 0 Å². The Bertz CT molecular complexity index is 631. The van der Waals surface area contributed by atoms with Gasteiger partial charge in [-0.3, -0.25) is 4.79 Å². The molecule has 3 rings (SSSR count). The van der Waals surface area contributed by atoms with E-state index >= 15 is 0 Å². The Hall–Kier alpha value is -0.530. The van der Waals surface area contributed by atoms with Crippen LogP contribution in [0.25, 0.3) is 0 Å². The van der Waals surface area contributed by atoms with Gasteiger partial charge in [-0.25, -0.2) is 0 Å². The molecule has 1 aromatic carbocycles. The van der Waals surface area contributed by atoms with Gasteiger partial charge in [0, 0.05) is 11.0 Å². The van der Waals surface area contributed by atoms with Gasteiger partial charge < -0.3 is 0 Å². The minimum absolute atomic E-state index is 0.216. The first-order chi connectivity index (χ1) is 11.5. The summed E-state index contributed by atoms with van der Waals surface area (Å²) in [6.07, 6.45) is 11.0. The molecule has 2 aliphatic rings. The van der Waals surface area contributed by atoms with Crippen molar-refractivity contribution in [3.63, 3.8) is 0 Å². The van der Waals surface area contributed by atoms with E-state index in [4.69, 9.17) is 23.2 Å². The highest BCUT2D eigenvalue weighted by Gasteiger charge is 2.51. The first kappa shape index (κ1) is 18.3. The molecule has 1 saturated carbocycles. The monoisotopic (exact) mass is 366 g/mol. The lowest BCUT2D eigenvalue weighted by Crippen LogP contribution is -2.35. The van der Waals surface area contributed by atoms with Crippen molar-refractivity contribution < 1.29 is 4.79 Å². The molecule has 2 aliphatic carbocycles. The first-order valence-corrected chi connectivity index (χ1v) is 10.3. The number of benzene rings is 1. The fraction of sp³-hybridized carbons (Fsp3) is 0.667. The highest BCUT2D eigenvalue weighted by molar-refractivity contribution is 6.45. The number of hydrogen-bond acceptors (Lipinski definition) is 1. The van der Waals surface area contributed by atoms with Crippen LogP contribution in [-0.2, 0) is 12.8 Å². The van der Waals surface area contributed by atoms with Gasteiger partial charge in [0.05, 0.1) is 10.0 Å². The maximum Gasteiger partial charge on any atom is 0.171 e. The van der Waals surface area contributed by atoms with Crippen molar-refractivity contribution in [3.05, 3.63) is 32.8 Å². The fourth-order valence-corrected chi connectivity index (χ4v) is 5.52. The summed E-state index contributed by atoms with van der Waals surface area (Å²) in [6, 6.07) is 2.17. The van der Waals surface area contributed by atoms with Crippen molar-refractivity contribution in [2.24, 2.45) is 11.3 Å². The van der Waals surface area contributed by atoms with E-state index in [9.17, 15) is 4.79 Å². The summed E-state index contributed by atoms with van der Waals surface area (Å²) >= 11 is 13.1.